The van der Waals surface area contributed by atoms with Crippen LogP contribution >= 0.6 is 0 Å². The van der Waals surface area contributed by atoms with E-state index in [4.69, 9.17) is 9.47 Å². The fraction of sp³-hybridized carbons (Fsp3) is 0.212. The molecule has 0 aliphatic heterocycles. The summed E-state index contributed by atoms with van der Waals surface area (Å²) in [6, 6.07) is 31.3. The predicted octanol–water partition coefficient (Wildman–Crippen LogP) is 5.67. The Labute approximate surface area is 246 Å². The van der Waals surface area contributed by atoms with E-state index in [1.54, 1.807) is 36.4 Å². The molecule has 1 atom stereocenters. The SMILES string of the molecule is CC(C)CC(NC(=O)c1cc(COc2ccccc2)ccc1OCC(=O)NS(=O)(=O)c1ccccc1)c1ccccc1. The van der Waals surface area contributed by atoms with Gasteiger partial charge in [0.1, 0.15) is 18.1 Å². The Morgan fingerprint density at radius 1 is 0.786 bits per heavy atom. The zero-order valence-corrected chi connectivity index (χ0v) is 24.3. The van der Waals surface area contributed by atoms with Gasteiger partial charge in [0.15, 0.2) is 6.61 Å². The average molecular weight is 587 g/mol. The first-order chi connectivity index (χ1) is 20.2. The van der Waals surface area contributed by atoms with Gasteiger partial charge in [-0.15, -0.1) is 0 Å². The number of amides is 2. The molecule has 0 aliphatic carbocycles. The van der Waals surface area contributed by atoms with Crippen LogP contribution in [0.4, 0.5) is 0 Å². The molecule has 218 valence electrons. The van der Waals surface area contributed by atoms with Gasteiger partial charge in [-0.05, 0) is 59.9 Å². The molecular weight excluding hydrogens is 552 g/mol. The van der Waals surface area contributed by atoms with Gasteiger partial charge in [-0.1, -0.05) is 86.6 Å². The van der Waals surface area contributed by atoms with Gasteiger partial charge in [0.25, 0.3) is 21.8 Å². The third-order valence-electron chi connectivity index (χ3n) is 6.31. The van der Waals surface area contributed by atoms with Gasteiger partial charge in [-0.3, -0.25) is 9.59 Å². The van der Waals surface area contributed by atoms with Crippen molar-refractivity contribution in [3.63, 3.8) is 0 Å². The number of carbonyl (C=O) groups is 2. The molecule has 0 aromatic heterocycles. The highest BCUT2D eigenvalue weighted by atomic mass is 32.2. The lowest BCUT2D eigenvalue weighted by Crippen LogP contribution is -2.35. The summed E-state index contributed by atoms with van der Waals surface area (Å²) in [6.07, 6.45) is 0.711. The summed E-state index contributed by atoms with van der Waals surface area (Å²) < 4.78 is 38.7. The van der Waals surface area contributed by atoms with Crippen molar-refractivity contribution in [2.75, 3.05) is 6.61 Å². The normalized spacial score (nSPS) is 11.9. The molecule has 0 radical (unpaired) electrons. The summed E-state index contributed by atoms with van der Waals surface area (Å²) in [6.45, 7) is 3.76. The summed E-state index contributed by atoms with van der Waals surface area (Å²) >= 11 is 0. The molecule has 0 heterocycles. The van der Waals surface area contributed by atoms with Crippen molar-refractivity contribution < 1.29 is 27.5 Å². The van der Waals surface area contributed by atoms with Gasteiger partial charge < -0.3 is 14.8 Å². The molecule has 0 saturated carbocycles. The number of benzene rings is 4. The van der Waals surface area contributed by atoms with Crippen LogP contribution in [0.5, 0.6) is 11.5 Å². The van der Waals surface area contributed by atoms with Gasteiger partial charge in [-0.2, -0.15) is 0 Å². The molecule has 0 aliphatic rings. The van der Waals surface area contributed by atoms with Crippen LogP contribution in [0.15, 0.2) is 114 Å². The lowest BCUT2D eigenvalue weighted by Gasteiger charge is -2.22. The Morgan fingerprint density at radius 3 is 2.05 bits per heavy atom. The first-order valence-electron chi connectivity index (χ1n) is 13.6. The maximum Gasteiger partial charge on any atom is 0.271 e. The number of nitrogens with one attached hydrogen (secondary N) is 2. The van der Waals surface area contributed by atoms with E-state index in [9.17, 15) is 18.0 Å². The predicted molar refractivity (Wildman–Crippen MR) is 161 cm³/mol. The number of rotatable bonds is 13. The van der Waals surface area contributed by atoms with E-state index in [-0.39, 0.29) is 28.9 Å². The third kappa shape index (κ3) is 8.68. The molecule has 1 unspecified atom stereocenters. The molecule has 2 N–H and O–H groups in total. The lowest BCUT2D eigenvalue weighted by atomic mass is 9.96. The molecular formula is C33H34N2O6S. The van der Waals surface area contributed by atoms with Crippen molar-refractivity contribution >= 4 is 21.8 Å². The third-order valence-corrected chi connectivity index (χ3v) is 7.70. The first-order valence-corrected chi connectivity index (χ1v) is 15.1. The van der Waals surface area contributed by atoms with Crippen molar-refractivity contribution in [2.24, 2.45) is 5.92 Å². The summed E-state index contributed by atoms with van der Waals surface area (Å²) in [5.41, 5.74) is 1.89. The molecule has 42 heavy (non-hydrogen) atoms. The minimum atomic E-state index is -4.06. The maximum atomic E-state index is 13.7. The second-order valence-corrected chi connectivity index (χ2v) is 11.8. The largest absolute Gasteiger partial charge is 0.489 e. The number of carbonyl (C=O) groups excluding carboxylic acids is 2. The van der Waals surface area contributed by atoms with Crippen molar-refractivity contribution in [3.8, 4) is 11.5 Å². The van der Waals surface area contributed by atoms with E-state index in [2.05, 4.69) is 19.2 Å². The van der Waals surface area contributed by atoms with E-state index in [1.807, 2.05) is 65.4 Å². The van der Waals surface area contributed by atoms with Crippen LogP contribution < -0.4 is 19.5 Å². The van der Waals surface area contributed by atoms with E-state index in [1.165, 1.54) is 12.1 Å². The van der Waals surface area contributed by atoms with Crippen molar-refractivity contribution in [2.45, 2.75) is 37.8 Å². The number of para-hydroxylation sites is 1. The van der Waals surface area contributed by atoms with Crippen LogP contribution in [0.3, 0.4) is 0 Å². The Hall–Kier alpha value is -4.63. The summed E-state index contributed by atoms with van der Waals surface area (Å²) in [7, 11) is -4.06. The molecule has 4 rings (SSSR count). The second-order valence-electron chi connectivity index (χ2n) is 10.1. The van der Waals surface area contributed by atoms with E-state index >= 15 is 0 Å². The maximum absolute atomic E-state index is 13.7. The minimum absolute atomic E-state index is 0.0432. The molecule has 4 aromatic rings. The summed E-state index contributed by atoms with van der Waals surface area (Å²) in [5, 5.41) is 3.11. The number of hydrogen-bond acceptors (Lipinski definition) is 6. The fourth-order valence-electron chi connectivity index (χ4n) is 4.31. The molecule has 0 fully saturated rings. The van der Waals surface area contributed by atoms with Gasteiger partial charge in [0, 0.05) is 0 Å². The summed E-state index contributed by atoms with van der Waals surface area (Å²) in [5.74, 6) is -0.130. The van der Waals surface area contributed by atoms with Gasteiger partial charge in [0.05, 0.1) is 16.5 Å². The fourth-order valence-corrected chi connectivity index (χ4v) is 5.30. The highest BCUT2D eigenvalue weighted by molar-refractivity contribution is 7.90. The van der Waals surface area contributed by atoms with E-state index in [0.717, 1.165) is 5.56 Å². The second kappa shape index (κ2) is 14.3. The van der Waals surface area contributed by atoms with Gasteiger partial charge in [-0.25, -0.2) is 13.1 Å². The lowest BCUT2D eigenvalue weighted by molar-refractivity contribution is -0.121. The highest BCUT2D eigenvalue weighted by Gasteiger charge is 2.22. The first kappa shape index (κ1) is 30.3. The molecule has 0 bridgehead atoms. The topological polar surface area (TPSA) is 111 Å². The highest BCUT2D eigenvalue weighted by Crippen LogP contribution is 2.26. The Balaban J connectivity index is 1.54. The number of hydrogen-bond donors (Lipinski definition) is 2. The van der Waals surface area contributed by atoms with Crippen molar-refractivity contribution in [1.82, 2.24) is 10.0 Å². The van der Waals surface area contributed by atoms with Crippen LogP contribution in [0.1, 0.15) is 47.8 Å². The van der Waals surface area contributed by atoms with Crippen LogP contribution in [-0.4, -0.2) is 26.8 Å². The monoisotopic (exact) mass is 586 g/mol. The quantitative estimate of drug-likeness (QED) is 0.209. The zero-order valence-electron chi connectivity index (χ0n) is 23.5. The van der Waals surface area contributed by atoms with Crippen molar-refractivity contribution in [1.29, 1.82) is 0 Å². The van der Waals surface area contributed by atoms with Crippen LogP contribution in [0.2, 0.25) is 0 Å². The molecule has 0 spiro atoms. The van der Waals surface area contributed by atoms with Crippen LogP contribution in [0.25, 0.3) is 0 Å². The van der Waals surface area contributed by atoms with E-state index in [0.29, 0.717) is 23.7 Å². The van der Waals surface area contributed by atoms with Crippen molar-refractivity contribution in [3.05, 3.63) is 126 Å². The standard InChI is InChI=1S/C33H34N2O6S/c1-24(2)20-30(26-12-6-3-7-13-26)34-33(37)29-21-25(22-40-27-14-8-4-9-15-27)18-19-31(29)41-23-32(36)35-42(38,39)28-16-10-5-11-17-28/h3-19,21,24,30H,20,22-23H2,1-2H3,(H,34,37)(H,35,36). The Bertz CT molecular complexity index is 1580. The molecule has 2 amide bonds. The van der Waals surface area contributed by atoms with Crippen LogP contribution in [-0.2, 0) is 21.4 Å². The zero-order chi connectivity index (χ0) is 30.0. The van der Waals surface area contributed by atoms with Crippen LogP contribution in [0, 0.1) is 5.92 Å². The summed E-state index contributed by atoms with van der Waals surface area (Å²) in [4.78, 5) is 26.2. The molecule has 9 heteroatoms. The van der Waals surface area contributed by atoms with E-state index < -0.39 is 28.4 Å². The van der Waals surface area contributed by atoms with Gasteiger partial charge >= 0.3 is 0 Å². The average Bonchev–Trinajstić information content (AvgIpc) is 3.00. The Kier molecular flexibility index (Phi) is 10.3. The number of sulfonamides is 1. The smallest absolute Gasteiger partial charge is 0.271 e. The molecule has 4 aromatic carbocycles. The molecule has 0 saturated heterocycles. The Morgan fingerprint density at radius 2 is 1.40 bits per heavy atom. The minimum Gasteiger partial charge on any atom is -0.489 e. The van der Waals surface area contributed by atoms with Gasteiger partial charge in [0.2, 0.25) is 0 Å². The number of ether oxygens (including phenoxy) is 2. The molecule has 8 nitrogen and oxygen atoms in total.